The van der Waals surface area contributed by atoms with Gasteiger partial charge in [-0.1, -0.05) is 0 Å². The van der Waals surface area contributed by atoms with E-state index in [1.165, 1.54) is 24.6 Å². The third kappa shape index (κ3) is 2.89. The second-order valence-corrected chi connectivity index (χ2v) is 6.36. The van der Waals surface area contributed by atoms with Crippen molar-refractivity contribution in [2.45, 2.75) is 38.0 Å². The largest absolute Gasteiger partial charge is 0.467 e. The molecule has 0 N–H and O–H groups in total. The molecule has 4 rings (SSSR count). The van der Waals surface area contributed by atoms with Gasteiger partial charge in [0.05, 0.1) is 25.0 Å². The molecule has 3 atom stereocenters. The molecule has 1 saturated carbocycles. The summed E-state index contributed by atoms with van der Waals surface area (Å²) in [5, 5.41) is 0. The molecule has 1 aliphatic carbocycles. The maximum absolute atomic E-state index is 13.9. The normalized spacial score (nSPS) is 25.7. The van der Waals surface area contributed by atoms with E-state index >= 15 is 0 Å². The van der Waals surface area contributed by atoms with E-state index in [9.17, 15) is 9.18 Å². The Hall–Kier alpha value is -2.41. The highest BCUT2D eigenvalue weighted by atomic mass is 19.1. The lowest BCUT2D eigenvalue weighted by Gasteiger charge is -2.30. The Morgan fingerprint density at radius 1 is 1.40 bits per heavy atom. The number of rotatable bonds is 3. The van der Waals surface area contributed by atoms with Crippen LogP contribution in [0.5, 0.6) is 5.88 Å². The lowest BCUT2D eigenvalue weighted by molar-refractivity contribution is 0.000275. The number of amides is 1. The van der Waals surface area contributed by atoms with Crippen molar-refractivity contribution < 1.29 is 23.1 Å². The van der Waals surface area contributed by atoms with E-state index in [0.29, 0.717) is 18.9 Å². The molecule has 7 heteroatoms. The van der Waals surface area contributed by atoms with Crippen LogP contribution >= 0.6 is 0 Å². The van der Waals surface area contributed by atoms with Crippen molar-refractivity contribution in [1.29, 1.82) is 0 Å². The van der Waals surface area contributed by atoms with Crippen LogP contribution in [0, 0.1) is 12.7 Å². The minimum Gasteiger partial charge on any atom is -0.467 e. The first-order valence-electron chi connectivity index (χ1n) is 8.39. The van der Waals surface area contributed by atoms with Crippen molar-refractivity contribution in [3.8, 4) is 5.88 Å². The number of aromatic nitrogens is 1. The van der Waals surface area contributed by atoms with Crippen LogP contribution in [-0.2, 0) is 4.74 Å². The monoisotopic (exact) mass is 346 g/mol. The van der Waals surface area contributed by atoms with Gasteiger partial charge >= 0.3 is 0 Å². The molecule has 0 spiro atoms. The molecule has 2 aromatic rings. The Morgan fingerprint density at radius 3 is 3.04 bits per heavy atom. The van der Waals surface area contributed by atoms with Gasteiger partial charge in [-0.2, -0.15) is 0 Å². The smallest absolute Gasteiger partial charge is 0.290 e. The molecular weight excluding hydrogens is 327 g/mol. The van der Waals surface area contributed by atoms with Gasteiger partial charge in [-0.15, -0.1) is 0 Å². The van der Waals surface area contributed by atoms with Gasteiger partial charge in [0, 0.05) is 18.3 Å². The molecule has 0 aromatic carbocycles. The predicted molar refractivity (Wildman–Crippen MR) is 85.9 cm³/mol. The maximum atomic E-state index is 13.9. The van der Waals surface area contributed by atoms with Crippen molar-refractivity contribution >= 4 is 5.91 Å². The van der Waals surface area contributed by atoms with Crippen LogP contribution in [0.2, 0.25) is 0 Å². The van der Waals surface area contributed by atoms with E-state index in [1.807, 2.05) is 6.92 Å². The number of fused-ring (bicyclic) bond motifs is 2. The van der Waals surface area contributed by atoms with Crippen LogP contribution in [0.4, 0.5) is 4.39 Å². The first-order valence-corrected chi connectivity index (χ1v) is 8.39. The van der Waals surface area contributed by atoms with Crippen LogP contribution in [0.1, 0.15) is 29.0 Å². The van der Waals surface area contributed by atoms with E-state index in [0.717, 1.165) is 18.4 Å². The maximum Gasteiger partial charge on any atom is 0.290 e. The molecule has 1 saturated heterocycles. The summed E-state index contributed by atoms with van der Waals surface area (Å²) in [6, 6.07) is 4.37. The molecule has 2 aliphatic rings. The molecule has 1 amide bonds. The quantitative estimate of drug-likeness (QED) is 0.855. The van der Waals surface area contributed by atoms with E-state index in [2.05, 4.69) is 4.98 Å². The SMILES string of the molecule is Cc1ccoc1C(=O)N1CCO[C@H]2CC[C@H]1[C@H]2Oc1ncccc1F. The van der Waals surface area contributed by atoms with Gasteiger partial charge in [-0.05, 0) is 38.0 Å². The zero-order valence-electron chi connectivity index (χ0n) is 13.9. The minimum absolute atomic E-state index is 0.0588. The van der Waals surface area contributed by atoms with Crippen LogP contribution < -0.4 is 4.74 Å². The van der Waals surface area contributed by atoms with Gasteiger partial charge in [0.25, 0.3) is 11.8 Å². The highest BCUT2D eigenvalue weighted by Gasteiger charge is 2.46. The number of aryl methyl sites for hydroxylation is 1. The van der Waals surface area contributed by atoms with E-state index in [1.54, 1.807) is 11.0 Å². The van der Waals surface area contributed by atoms with E-state index in [4.69, 9.17) is 13.9 Å². The molecule has 6 nitrogen and oxygen atoms in total. The number of pyridine rings is 1. The highest BCUT2D eigenvalue weighted by molar-refractivity contribution is 5.93. The third-order valence-corrected chi connectivity index (χ3v) is 4.85. The Labute approximate surface area is 144 Å². The van der Waals surface area contributed by atoms with Crippen molar-refractivity contribution in [1.82, 2.24) is 9.88 Å². The molecular formula is C18H19FN2O4. The average molecular weight is 346 g/mol. The Balaban J connectivity index is 1.61. The van der Waals surface area contributed by atoms with E-state index < -0.39 is 11.9 Å². The first-order chi connectivity index (χ1) is 12.1. The molecule has 2 fully saturated rings. The topological polar surface area (TPSA) is 64.8 Å². The van der Waals surface area contributed by atoms with Crippen molar-refractivity contribution in [3.05, 3.63) is 47.8 Å². The molecule has 0 radical (unpaired) electrons. The fourth-order valence-electron chi connectivity index (χ4n) is 3.61. The molecule has 2 bridgehead atoms. The van der Waals surface area contributed by atoms with Gasteiger partial charge in [0.1, 0.15) is 6.10 Å². The van der Waals surface area contributed by atoms with Crippen LogP contribution in [0.3, 0.4) is 0 Å². The fourth-order valence-corrected chi connectivity index (χ4v) is 3.61. The minimum atomic E-state index is -0.522. The number of furan rings is 1. The molecule has 132 valence electrons. The van der Waals surface area contributed by atoms with Crippen molar-refractivity contribution in [3.63, 3.8) is 0 Å². The third-order valence-electron chi connectivity index (χ3n) is 4.85. The number of carbonyl (C=O) groups excluding carboxylic acids is 1. The van der Waals surface area contributed by atoms with E-state index in [-0.39, 0.29) is 23.9 Å². The van der Waals surface area contributed by atoms with Gasteiger partial charge in [0.15, 0.2) is 11.6 Å². The summed E-state index contributed by atoms with van der Waals surface area (Å²) >= 11 is 0. The van der Waals surface area contributed by atoms with Crippen LogP contribution in [0.15, 0.2) is 35.1 Å². The zero-order chi connectivity index (χ0) is 17.4. The standard InChI is InChI=1S/C18H19FN2O4/c1-11-6-9-24-15(11)18(22)21-8-10-23-14-5-4-13(21)16(14)25-17-12(19)3-2-7-20-17/h2-3,6-7,9,13-14,16H,4-5,8,10H2,1H3/t13-,14-,16+/m0/s1. The lowest BCUT2D eigenvalue weighted by Crippen LogP contribution is -2.47. The molecule has 25 heavy (non-hydrogen) atoms. The molecule has 1 aliphatic heterocycles. The summed E-state index contributed by atoms with van der Waals surface area (Å²) in [4.78, 5) is 18.6. The Kier molecular flexibility index (Phi) is 4.17. The summed E-state index contributed by atoms with van der Waals surface area (Å²) in [5.41, 5.74) is 0.790. The van der Waals surface area contributed by atoms with Crippen LogP contribution in [-0.4, -0.2) is 47.2 Å². The molecule has 2 aromatic heterocycles. The highest BCUT2D eigenvalue weighted by Crippen LogP contribution is 2.34. The second-order valence-electron chi connectivity index (χ2n) is 6.36. The Bertz CT molecular complexity index is 778. The summed E-state index contributed by atoms with van der Waals surface area (Å²) in [7, 11) is 0. The lowest BCUT2D eigenvalue weighted by atomic mass is 10.1. The fraction of sp³-hybridized carbons (Fsp3) is 0.444. The van der Waals surface area contributed by atoms with Gasteiger partial charge < -0.3 is 18.8 Å². The average Bonchev–Trinajstić information content (AvgIpc) is 3.13. The van der Waals surface area contributed by atoms with Crippen LogP contribution in [0.25, 0.3) is 0 Å². The Morgan fingerprint density at radius 2 is 2.28 bits per heavy atom. The van der Waals surface area contributed by atoms with Gasteiger partial charge in [-0.3, -0.25) is 4.79 Å². The number of hydrogen-bond acceptors (Lipinski definition) is 5. The summed E-state index contributed by atoms with van der Waals surface area (Å²) in [6.07, 6.45) is 3.84. The number of nitrogens with zero attached hydrogens (tertiary/aromatic N) is 2. The number of ether oxygens (including phenoxy) is 2. The molecule has 0 unspecified atom stereocenters. The molecule has 3 heterocycles. The second kappa shape index (κ2) is 6.48. The first kappa shape index (κ1) is 16.1. The van der Waals surface area contributed by atoms with Crippen molar-refractivity contribution in [2.24, 2.45) is 0 Å². The summed E-state index contributed by atoms with van der Waals surface area (Å²) in [6.45, 7) is 2.70. The van der Waals surface area contributed by atoms with Crippen molar-refractivity contribution in [2.75, 3.05) is 13.2 Å². The number of carbonyl (C=O) groups is 1. The number of halogens is 1. The predicted octanol–water partition coefficient (Wildman–Crippen LogP) is 2.57. The summed E-state index contributed by atoms with van der Waals surface area (Å²) in [5.74, 6) is -0.441. The van der Waals surface area contributed by atoms with Gasteiger partial charge in [0.2, 0.25) is 0 Å². The number of hydrogen-bond donors (Lipinski definition) is 0. The zero-order valence-corrected chi connectivity index (χ0v) is 13.9. The summed E-state index contributed by atoms with van der Waals surface area (Å²) < 4.78 is 31.0. The van der Waals surface area contributed by atoms with Gasteiger partial charge in [-0.25, -0.2) is 9.37 Å².